The molecule has 0 bridgehead atoms. The van der Waals surface area contributed by atoms with Gasteiger partial charge in [0.2, 0.25) is 23.6 Å². The summed E-state index contributed by atoms with van der Waals surface area (Å²) in [6.07, 6.45) is -1.46. The fraction of sp³-hybridized carbons (Fsp3) is 0.647. The molecule has 0 heterocycles. The SMILES string of the molecule is CC(NC(=O)C(CCC(=O)O)NC(=O)C(CC(N)=O)NC(=O)C(N)C(C)C)C(=O)O. The van der Waals surface area contributed by atoms with Crippen LogP contribution < -0.4 is 27.4 Å². The summed E-state index contributed by atoms with van der Waals surface area (Å²) in [5.41, 5.74) is 10.8. The average Bonchev–Trinajstić information content (AvgIpc) is 2.62. The molecule has 0 aliphatic carbocycles. The van der Waals surface area contributed by atoms with Gasteiger partial charge >= 0.3 is 11.9 Å². The molecule has 0 fully saturated rings. The van der Waals surface area contributed by atoms with Gasteiger partial charge in [-0.25, -0.2) is 0 Å². The monoisotopic (exact) mass is 431 g/mol. The summed E-state index contributed by atoms with van der Waals surface area (Å²) in [7, 11) is 0. The van der Waals surface area contributed by atoms with E-state index in [4.69, 9.17) is 21.7 Å². The molecule has 170 valence electrons. The van der Waals surface area contributed by atoms with Crippen LogP contribution in [0.25, 0.3) is 0 Å². The number of nitrogens with one attached hydrogen (secondary N) is 3. The summed E-state index contributed by atoms with van der Waals surface area (Å²) in [5.74, 6) is -6.42. The Hall–Kier alpha value is -3.22. The summed E-state index contributed by atoms with van der Waals surface area (Å²) in [5, 5.41) is 24.3. The van der Waals surface area contributed by atoms with Gasteiger partial charge in [-0.2, -0.15) is 0 Å². The second kappa shape index (κ2) is 12.4. The van der Waals surface area contributed by atoms with Crippen molar-refractivity contribution in [1.29, 1.82) is 0 Å². The highest BCUT2D eigenvalue weighted by Gasteiger charge is 2.31. The first-order valence-corrected chi connectivity index (χ1v) is 9.15. The molecule has 9 N–H and O–H groups in total. The topological polar surface area (TPSA) is 231 Å². The fourth-order valence-electron chi connectivity index (χ4n) is 2.17. The van der Waals surface area contributed by atoms with Gasteiger partial charge in [0.15, 0.2) is 0 Å². The number of carboxylic acid groups (broad SMARTS) is 2. The van der Waals surface area contributed by atoms with Crippen molar-refractivity contribution in [1.82, 2.24) is 16.0 Å². The summed E-state index contributed by atoms with van der Waals surface area (Å²) in [6, 6.07) is -5.17. The van der Waals surface area contributed by atoms with E-state index in [1.807, 2.05) is 0 Å². The third-order valence-electron chi connectivity index (χ3n) is 4.07. The third kappa shape index (κ3) is 9.82. The Balaban J connectivity index is 5.44. The van der Waals surface area contributed by atoms with Crippen LogP contribution in [0.2, 0.25) is 0 Å². The van der Waals surface area contributed by atoms with E-state index in [9.17, 15) is 28.8 Å². The largest absolute Gasteiger partial charge is 0.481 e. The molecular weight excluding hydrogens is 402 g/mol. The molecule has 0 saturated heterocycles. The van der Waals surface area contributed by atoms with E-state index in [2.05, 4.69) is 16.0 Å². The lowest BCUT2D eigenvalue weighted by atomic mass is 10.0. The highest BCUT2D eigenvalue weighted by atomic mass is 16.4. The number of carbonyl (C=O) groups is 6. The van der Waals surface area contributed by atoms with Crippen molar-refractivity contribution in [2.75, 3.05) is 0 Å². The van der Waals surface area contributed by atoms with Gasteiger partial charge in [-0.15, -0.1) is 0 Å². The van der Waals surface area contributed by atoms with E-state index in [1.54, 1.807) is 13.8 Å². The summed E-state index contributed by atoms with van der Waals surface area (Å²) in [6.45, 7) is 4.52. The van der Waals surface area contributed by atoms with Crippen molar-refractivity contribution in [2.45, 2.75) is 64.2 Å². The quantitative estimate of drug-likeness (QED) is 0.160. The molecule has 13 heteroatoms. The van der Waals surface area contributed by atoms with Crippen LogP contribution in [0.15, 0.2) is 0 Å². The number of aliphatic carboxylic acids is 2. The maximum Gasteiger partial charge on any atom is 0.325 e. The zero-order chi connectivity index (χ0) is 23.6. The second-order valence-corrected chi connectivity index (χ2v) is 7.06. The first-order chi connectivity index (χ1) is 13.8. The fourth-order valence-corrected chi connectivity index (χ4v) is 2.17. The predicted octanol–water partition coefficient (Wildman–Crippen LogP) is -2.73. The Morgan fingerprint density at radius 3 is 1.77 bits per heavy atom. The Kier molecular flexibility index (Phi) is 11.0. The van der Waals surface area contributed by atoms with Crippen LogP contribution in [0.4, 0.5) is 0 Å². The van der Waals surface area contributed by atoms with Crippen LogP contribution in [0, 0.1) is 5.92 Å². The van der Waals surface area contributed by atoms with E-state index in [0.717, 1.165) is 0 Å². The van der Waals surface area contributed by atoms with Gasteiger partial charge in [0.25, 0.3) is 0 Å². The van der Waals surface area contributed by atoms with Crippen molar-refractivity contribution in [3.05, 3.63) is 0 Å². The number of hydrogen-bond acceptors (Lipinski definition) is 7. The lowest BCUT2D eigenvalue weighted by Gasteiger charge is -2.24. The number of amides is 4. The molecule has 0 aromatic carbocycles. The summed E-state index contributed by atoms with van der Waals surface area (Å²) in [4.78, 5) is 70.0. The molecule has 30 heavy (non-hydrogen) atoms. The minimum atomic E-state index is -1.46. The van der Waals surface area contributed by atoms with Gasteiger partial charge in [0.1, 0.15) is 18.1 Å². The van der Waals surface area contributed by atoms with Crippen molar-refractivity contribution >= 4 is 35.6 Å². The molecule has 13 nitrogen and oxygen atoms in total. The highest BCUT2D eigenvalue weighted by molar-refractivity contribution is 5.96. The molecule has 0 aromatic heterocycles. The molecule has 0 spiro atoms. The molecule has 4 unspecified atom stereocenters. The van der Waals surface area contributed by atoms with Crippen LogP contribution in [-0.4, -0.2) is 69.9 Å². The van der Waals surface area contributed by atoms with Crippen LogP contribution in [-0.2, 0) is 28.8 Å². The van der Waals surface area contributed by atoms with Crippen LogP contribution in [0.1, 0.15) is 40.0 Å². The lowest BCUT2D eigenvalue weighted by molar-refractivity contribution is -0.142. The molecule has 0 rings (SSSR count). The normalized spacial score (nSPS) is 14.7. The molecular formula is C17H29N5O8. The van der Waals surface area contributed by atoms with E-state index >= 15 is 0 Å². The average molecular weight is 431 g/mol. The standard InChI is InChI=1S/C17H29N5O8/c1-7(2)13(19)16(28)22-10(6-11(18)23)15(27)21-9(4-5-12(24)25)14(26)20-8(3)17(29)30/h7-10,13H,4-6,19H2,1-3H3,(H2,18,23)(H,20,26)(H,21,27)(H,22,28)(H,24,25)(H,29,30). The van der Waals surface area contributed by atoms with E-state index in [0.29, 0.717) is 0 Å². The van der Waals surface area contributed by atoms with Crippen LogP contribution in [0.5, 0.6) is 0 Å². The number of hydrogen-bond donors (Lipinski definition) is 7. The Bertz CT molecular complexity index is 681. The molecule has 0 aliphatic rings. The van der Waals surface area contributed by atoms with E-state index < -0.39 is 72.6 Å². The second-order valence-electron chi connectivity index (χ2n) is 7.06. The maximum absolute atomic E-state index is 12.6. The van der Waals surface area contributed by atoms with Crippen LogP contribution in [0.3, 0.4) is 0 Å². The number of carbonyl (C=O) groups excluding carboxylic acids is 4. The Labute approximate surface area is 172 Å². The van der Waals surface area contributed by atoms with E-state index in [-0.39, 0.29) is 12.3 Å². The number of carboxylic acids is 2. The van der Waals surface area contributed by atoms with Crippen molar-refractivity contribution in [3.8, 4) is 0 Å². The van der Waals surface area contributed by atoms with Gasteiger partial charge < -0.3 is 37.6 Å². The molecule has 0 aromatic rings. The first-order valence-electron chi connectivity index (χ1n) is 9.15. The lowest BCUT2D eigenvalue weighted by Crippen LogP contribution is -2.58. The zero-order valence-corrected chi connectivity index (χ0v) is 17.0. The predicted molar refractivity (Wildman–Crippen MR) is 103 cm³/mol. The zero-order valence-electron chi connectivity index (χ0n) is 17.0. The molecule has 4 amide bonds. The van der Waals surface area contributed by atoms with Gasteiger partial charge in [-0.05, 0) is 19.3 Å². The molecule has 0 saturated carbocycles. The first kappa shape index (κ1) is 26.8. The summed E-state index contributed by atoms with van der Waals surface area (Å²) < 4.78 is 0. The van der Waals surface area contributed by atoms with E-state index in [1.165, 1.54) is 6.92 Å². The van der Waals surface area contributed by atoms with Gasteiger partial charge in [-0.3, -0.25) is 28.8 Å². The number of primary amides is 1. The van der Waals surface area contributed by atoms with Crippen molar-refractivity contribution in [2.24, 2.45) is 17.4 Å². The smallest absolute Gasteiger partial charge is 0.325 e. The Morgan fingerprint density at radius 2 is 1.33 bits per heavy atom. The maximum atomic E-state index is 12.6. The minimum Gasteiger partial charge on any atom is -0.481 e. The molecule has 0 radical (unpaired) electrons. The Morgan fingerprint density at radius 1 is 0.833 bits per heavy atom. The van der Waals surface area contributed by atoms with Gasteiger partial charge in [0.05, 0.1) is 12.5 Å². The van der Waals surface area contributed by atoms with Crippen molar-refractivity contribution < 1.29 is 39.0 Å². The van der Waals surface area contributed by atoms with Gasteiger partial charge in [0, 0.05) is 6.42 Å². The van der Waals surface area contributed by atoms with Gasteiger partial charge in [-0.1, -0.05) is 13.8 Å². The van der Waals surface area contributed by atoms with Crippen LogP contribution >= 0.6 is 0 Å². The highest BCUT2D eigenvalue weighted by Crippen LogP contribution is 2.04. The molecule has 4 atom stereocenters. The number of nitrogens with two attached hydrogens (primary N) is 2. The number of rotatable bonds is 13. The minimum absolute atomic E-state index is 0.270. The third-order valence-corrected chi connectivity index (χ3v) is 4.07. The molecule has 0 aliphatic heterocycles. The summed E-state index contributed by atoms with van der Waals surface area (Å²) >= 11 is 0. The van der Waals surface area contributed by atoms with Crippen molar-refractivity contribution in [3.63, 3.8) is 0 Å².